The van der Waals surface area contributed by atoms with E-state index in [4.69, 9.17) is 4.74 Å². The van der Waals surface area contributed by atoms with Gasteiger partial charge in [-0.05, 0) is 18.2 Å². The van der Waals surface area contributed by atoms with Crippen LogP contribution in [0.15, 0.2) is 29.2 Å². The Hall–Kier alpha value is -1.62. The molecule has 1 N–H and O–H groups in total. The predicted molar refractivity (Wildman–Crippen MR) is 94.1 cm³/mol. The minimum atomic E-state index is -3.62. The summed E-state index contributed by atoms with van der Waals surface area (Å²) in [7, 11) is -3.62. The van der Waals surface area contributed by atoms with E-state index in [9.17, 15) is 18.0 Å². The number of morpholine rings is 1. The van der Waals surface area contributed by atoms with Gasteiger partial charge in [0.2, 0.25) is 15.9 Å². The van der Waals surface area contributed by atoms with Crippen molar-refractivity contribution in [2.24, 2.45) is 0 Å². The van der Waals surface area contributed by atoms with Gasteiger partial charge in [0.25, 0.3) is 5.24 Å². The average molecular weight is 385 g/mol. The van der Waals surface area contributed by atoms with E-state index in [0.717, 1.165) is 0 Å². The van der Waals surface area contributed by atoms with Crippen molar-refractivity contribution in [2.75, 3.05) is 50.5 Å². The number of nitrogens with zero attached hydrogens (tertiary/aromatic N) is 2. The Labute approximate surface area is 150 Å². The van der Waals surface area contributed by atoms with Gasteiger partial charge in [0.1, 0.15) is 6.54 Å². The number of sulfonamides is 1. The number of anilines is 1. The first-order valence-corrected chi connectivity index (χ1v) is 10.3. The molecule has 2 aliphatic rings. The van der Waals surface area contributed by atoms with E-state index in [1.807, 2.05) is 0 Å². The first kappa shape index (κ1) is 18.2. The van der Waals surface area contributed by atoms with Gasteiger partial charge >= 0.3 is 0 Å². The quantitative estimate of drug-likeness (QED) is 0.806. The third-order valence-electron chi connectivity index (χ3n) is 3.91. The topological polar surface area (TPSA) is 96.0 Å². The van der Waals surface area contributed by atoms with Crippen LogP contribution in [-0.4, -0.2) is 73.9 Å². The molecule has 136 valence electrons. The molecule has 0 spiro atoms. The first-order valence-electron chi connectivity index (χ1n) is 7.86. The molecule has 10 heteroatoms. The Morgan fingerprint density at radius 3 is 2.68 bits per heavy atom. The van der Waals surface area contributed by atoms with Crippen molar-refractivity contribution in [1.82, 2.24) is 9.21 Å². The van der Waals surface area contributed by atoms with E-state index in [1.54, 1.807) is 12.1 Å². The molecule has 0 unspecified atom stereocenters. The second-order valence-electron chi connectivity index (χ2n) is 5.63. The Balaban J connectivity index is 1.68. The maximum atomic E-state index is 12.6. The Morgan fingerprint density at radius 1 is 1.24 bits per heavy atom. The summed E-state index contributed by atoms with van der Waals surface area (Å²) >= 11 is 1.19. The number of carbonyl (C=O) groups is 2. The van der Waals surface area contributed by atoms with E-state index < -0.39 is 10.0 Å². The SMILES string of the molecule is O=C(CN1CCSC1=O)Nc1cccc(S(=O)(=O)N2CCOCC2)c1. The third-order valence-corrected chi connectivity index (χ3v) is 6.69. The number of hydrogen-bond donors (Lipinski definition) is 1. The van der Waals surface area contributed by atoms with Gasteiger partial charge in [-0.25, -0.2) is 8.42 Å². The van der Waals surface area contributed by atoms with Crippen molar-refractivity contribution in [2.45, 2.75) is 4.90 Å². The first-order chi connectivity index (χ1) is 12.0. The van der Waals surface area contributed by atoms with Gasteiger partial charge < -0.3 is 15.0 Å². The zero-order valence-electron chi connectivity index (χ0n) is 13.5. The number of hydrogen-bond acceptors (Lipinski definition) is 6. The van der Waals surface area contributed by atoms with Gasteiger partial charge in [-0.2, -0.15) is 4.31 Å². The van der Waals surface area contributed by atoms with Crippen molar-refractivity contribution < 1.29 is 22.7 Å². The van der Waals surface area contributed by atoms with Crippen LogP contribution in [-0.2, 0) is 19.6 Å². The van der Waals surface area contributed by atoms with Gasteiger partial charge in [0.05, 0.1) is 18.1 Å². The molecular weight excluding hydrogens is 366 g/mol. The molecule has 0 saturated carbocycles. The number of benzene rings is 1. The van der Waals surface area contributed by atoms with E-state index >= 15 is 0 Å². The molecule has 2 heterocycles. The monoisotopic (exact) mass is 385 g/mol. The smallest absolute Gasteiger partial charge is 0.282 e. The number of nitrogens with one attached hydrogen (secondary N) is 1. The molecule has 8 nitrogen and oxygen atoms in total. The van der Waals surface area contributed by atoms with Gasteiger partial charge in [-0.15, -0.1) is 0 Å². The molecule has 2 fully saturated rings. The van der Waals surface area contributed by atoms with Crippen LogP contribution in [0.4, 0.5) is 10.5 Å². The maximum Gasteiger partial charge on any atom is 0.282 e. The number of amides is 2. The lowest BCUT2D eigenvalue weighted by Crippen LogP contribution is -2.40. The van der Waals surface area contributed by atoms with Crippen LogP contribution in [0, 0.1) is 0 Å². The predicted octanol–water partition coefficient (Wildman–Crippen LogP) is 0.815. The summed E-state index contributed by atoms with van der Waals surface area (Å²) in [6, 6.07) is 6.14. The van der Waals surface area contributed by atoms with E-state index in [-0.39, 0.29) is 22.6 Å². The third kappa shape index (κ3) is 4.32. The zero-order chi connectivity index (χ0) is 17.9. The zero-order valence-corrected chi connectivity index (χ0v) is 15.1. The largest absolute Gasteiger partial charge is 0.379 e. The molecule has 2 saturated heterocycles. The highest BCUT2D eigenvalue weighted by Crippen LogP contribution is 2.21. The standard InChI is InChI=1S/C15H19N3O5S2/c19-14(11-17-6-9-24-15(17)20)16-12-2-1-3-13(10-12)25(21,22)18-4-7-23-8-5-18/h1-3,10H,4-9,11H2,(H,16,19). The minimum absolute atomic E-state index is 0.0354. The highest BCUT2D eigenvalue weighted by atomic mass is 32.2. The average Bonchev–Trinajstić information content (AvgIpc) is 3.00. The lowest BCUT2D eigenvalue weighted by molar-refractivity contribution is -0.116. The number of thioether (sulfide) groups is 1. The molecule has 1 aromatic carbocycles. The Bertz CT molecular complexity index is 762. The van der Waals surface area contributed by atoms with Crippen LogP contribution in [0.5, 0.6) is 0 Å². The second-order valence-corrected chi connectivity index (χ2v) is 8.61. The Morgan fingerprint density at radius 2 is 2.00 bits per heavy atom. The molecule has 0 atom stereocenters. The van der Waals surface area contributed by atoms with Crippen molar-refractivity contribution >= 4 is 38.6 Å². The lowest BCUT2D eigenvalue weighted by atomic mass is 10.3. The van der Waals surface area contributed by atoms with E-state index in [1.165, 1.54) is 33.1 Å². The summed E-state index contributed by atoms with van der Waals surface area (Å²) in [5.74, 6) is 0.330. The fraction of sp³-hybridized carbons (Fsp3) is 0.467. The van der Waals surface area contributed by atoms with Crippen LogP contribution >= 0.6 is 11.8 Å². The van der Waals surface area contributed by atoms with Crippen LogP contribution in [0.1, 0.15) is 0 Å². The normalized spacial score (nSPS) is 19.2. The molecule has 0 radical (unpaired) electrons. The Kier molecular flexibility index (Phi) is 5.62. The molecule has 3 rings (SSSR count). The number of ether oxygens (including phenoxy) is 1. The molecule has 1 aromatic rings. The molecular formula is C15H19N3O5S2. The van der Waals surface area contributed by atoms with Crippen LogP contribution in [0.25, 0.3) is 0 Å². The van der Waals surface area contributed by atoms with Crippen molar-refractivity contribution in [1.29, 1.82) is 0 Å². The van der Waals surface area contributed by atoms with Crippen molar-refractivity contribution in [3.8, 4) is 0 Å². The summed E-state index contributed by atoms with van der Waals surface area (Å²) in [4.78, 5) is 25.2. The van der Waals surface area contributed by atoms with E-state index in [0.29, 0.717) is 44.3 Å². The molecule has 0 bridgehead atoms. The van der Waals surface area contributed by atoms with Crippen molar-refractivity contribution in [3.05, 3.63) is 24.3 Å². The van der Waals surface area contributed by atoms with Crippen LogP contribution < -0.4 is 5.32 Å². The van der Waals surface area contributed by atoms with Crippen molar-refractivity contribution in [3.63, 3.8) is 0 Å². The molecule has 0 aromatic heterocycles. The van der Waals surface area contributed by atoms with Gasteiger partial charge in [-0.3, -0.25) is 9.59 Å². The van der Waals surface area contributed by atoms with E-state index in [2.05, 4.69) is 5.32 Å². The highest BCUT2D eigenvalue weighted by molar-refractivity contribution is 8.13. The molecule has 2 amide bonds. The molecule has 25 heavy (non-hydrogen) atoms. The summed E-state index contributed by atoms with van der Waals surface area (Å²) in [6.45, 7) is 1.88. The van der Waals surface area contributed by atoms with Crippen LogP contribution in [0.2, 0.25) is 0 Å². The number of rotatable bonds is 5. The van der Waals surface area contributed by atoms with Crippen LogP contribution in [0.3, 0.4) is 0 Å². The van der Waals surface area contributed by atoms with Gasteiger partial charge in [0, 0.05) is 31.1 Å². The summed E-state index contributed by atoms with van der Waals surface area (Å²) in [5.41, 5.74) is 0.388. The number of carbonyl (C=O) groups excluding carboxylic acids is 2. The van der Waals surface area contributed by atoms with Gasteiger partial charge in [-0.1, -0.05) is 17.8 Å². The molecule has 2 aliphatic heterocycles. The summed E-state index contributed by atoms with van der Waals surface area (Å²) in [5, 5.41) is 2.54. The summed E-state index contributed by atoms with van der Waals surface area (Å²) in [6.07, 6.45) is 0. The fourth-order valence-electron chi connectivity index (χ4n) is 2.61. The van der Waals surface area contributed by atoms with Gasteiger partial charge in [0.15, 0.2) is 0 Å². The minimum Gasteiger partial charge on any atom is -0.379 e. The highest BCUT2D eigenvalue weighted by Gasteiger charge is 2.27. The second kappa shape index (κ2) is 7.73. The fourth-order valence-corrected chi connectivity index (χ4v) is 4.89. The lowest BCUT2D eigenvalue weighted by Gasteiger charge is -2.26. The summed E-state index contributed by atoms with van der Waals surface area (Å²) < 4.78 is 31.9. The maximum absolute atomic E-state index is 12.6. The molecule has 0 aliphatic carbocycles.